The molecule has 7 heteroatoms. The molecule has 96 valence electrons. The zero-order valence-electron chi connectivity index (χ0n) is 9.63. The fraction of sp³-hybridized carbons (Fsp3) is 0.500. The highest BCUT2D eigenvalue weighted by Gasteiger charge is 2.18. The summed E-state index contributed by atoms with van der Waals surface area (Å²) in [7, 11) is -3.61. The van der Waals surface area contributed by atoms with Gasteiger partial charge in [0.25, 0.3) is 0 Å². The molecule has 0 aliphatic heterocycles. The van der Waals surface area contributed by atoms with E-state index in [4.69, 9.17) is 9.52 Å². The van der Waals surface area contributed by atoms with E-state index < -0.39 is 34.2 Å². The van der Waals surface area contributed by atoms with Gasteiger partial charge >= 0.3 is 5.97 Å². The minimum atomic E-state index is -3.61. The molecule has 1 unspecified atom stereocenters. The van der Waals surface area contributed by atoms with Crippen molar-refractivity contribution in [2.24, 2.45) is 0 Å². The minimum Gasteiger partial charge on any atom is -0.481 e. The van der Waals surface area contributed by atoms with Crippen LogP contribution in [-0.4, -0.2) is 25.2 Å². The van der Waals surface area contributed by atoms with Crippen molar-refractivity contribution in [3.8, 4) is 0 Å². The van der Waals surface area contributed by atoms with Gasteiger partial charge in [0.15, 0.2) is 0 Å². The lowest BCUT2D eigenvalue weighted by molar-refractivity contribution is -0.136. The summed E-state index contributed by atoms with van der Waals surface area (Å²) in [5.41, 5.74) is 0. The van der Waals surface area contributed by atoms with Gasteiger partial charge in [-0.15, -0.1) is 0 Å². The van der Waals surface area contributed by atoms with Gasteiger partial charge in [0.05, 0.1) is 18.2 Å². The number of aryl methyl sites for hydroxylation is 1. The molecule has 0 aromatic carbocycles. The van der Waals surface area contributed by atoms with Gasteiger partial charge in [-0.3, -0.25) is 4.79 Å². The Morgan fingerprint density at radius 3 is 2.65 bits per heavy atom. The van der Waals surface area contributed by atoms with Crippen LogP contribution in [0.5, 0.6) is 0 Å². The third kappa shape index (κ3) is 4.58. The second kappa shape index (κ2) is 5.33. The summed E-state index contributed by atoms with van der Waals surface area (Å²) in [4.78, 5) is 10.3. The summed E-state index contributed by atoms with van der Waals surface area (Å²) in [6, 6.07) is 2.90. The van der Waals surface area contributed by atoms with Crippen LogP contribution in [0.2, 0.25) is 0 Å². The van der Waals surface area contributed by atoms with Crippen LogP contribution in [0, 0.1) is 6.92 Å². The number of carboxylic acids is 1. The molecule has 1 rings (SSSR count). The summed E-state index contributed by atoms with van der Waals surface area (Å²) < 4.78 is 30.6. The molecule has 1 atom stereocenters. The predicted octanol–water partition coefficient (Wildman–Crippen LogP) is 1.04. The van der Waals surface area contributed by atoms with Crippen molar-refractivity contribution in [1.82, 2.24) is 4.72 Å². The van der Waals surface area contributed by atoms with Crippen LogP contribution in [0.1, 0.15) is 30.9 Å². The molecule has 0 bridgehead atoms. The number of rotatable bonds is 6. The van der Waals surface area contributed by atoms with Crippen molar-refractivity contribution in [3.63, 3.8) is 0 Å². The van der Waals surface area contributed by atoms with Crippen LogP contribution < -0.4 is 4.72 Å². The number of carboxylic acid groups (broad SMARTS) is 1. The molecule has 0 saturated carbocycles. The smallest absolute Gasteiger partial charge is 0.304 e. The molecule has 1 heterocycles. The van der Waals surface area contributed by atoms with E-state index in [0.717, 1.165) is 0 Å². The van der Waals surface area contributed by atoms with Crippen LogP contribution in [-0.2, 0) is 14.8 Å². The Hall–Kier alpha value is -1.34. The number of nitrogens with one attached hydrogen (secondary N) is 1. The molecule has 0 fully saturated rings. The predicted molar refractivity (Wildman–Crippen MR) is 61.0 cm³/mol. The fourth-order valence-electron chi connectivity index (χ4n) is 1.29. The van der Waals surface area contributed by atoms with Crippen LogP contribution in [0.25, 0.3) is 0 Å². The summed E-state index contributed by atoms with van der Waals surface area (Å²) in [5.74, 6) is -0.387. The third-order valence-electron chi connectivity index (χ3n) is 2.13. The first-order chi connectivity index (χ1) is 7.80. The Labute approximate surface area is 99.7 Å². The first kappa shape index (κ1) is 13.7. The molecule has 17 heavy (non-hydrogen) atoms. The third-order valence-corrected chi connectivity index (χ3v) is 3.58. The van der Waals surface area contributed by atoms with Crippen LogP contribution in [0.4, 0.5) is 0 Å². The number of aliphatic carboxylic acids is 1. The minimum absolute atomic E-state index is 0.417. The van der Waals surface area contributed by atoms with Crippen LogP contribution in [0.15, 0.2) is 16.5 Å². The summed E-state index contributed by atoms with van der Waals surface area (Å²) >= 11 is 0. The average molecular weight is 261 g/mol. The van der Waals surface area contributed by atoms with E-state index in [9.17, 15) is 13.2 Å². The maximum absolute atomic E-state index is 11.5. The van der Waals surface area contributed by atoms with Crippen molar-refractivity contribution in [2.45, 2.75) is 26.3 Å². The zero-order chi connectivity index (χ0) is 13.1. The quantitative estimate of drug-likeness (QED) is 0.797. The van der Waals surface area contributed by atoms with E-state index in [1.165, 1.54) is 0 Å². The second-order valence-electron chi connectivity index (χ2n) is 3.75. The van der Waals surface area contributed by atoms with E-state index >= 15 is 0 Å². The monoisotopic (exact) mass is 261 g/mol. The van der Waals surface area contributed by atoms with Gasteiger partial charge < -0.3 is 9.52 Å². The summed E-state index contributed by atoms with van der Waals surface area (Å²) in [5, 5.41) is 8.42. The Balaban J connectivity index is 2.61. The molecule has 2 N–H and O–H groups in total. The Morgan fingerprint density at radius 2 is 2.18 bits per heavy atom. The van der Waals surface area contributed by atoms with Gasteiger partial charge in [0, 0.05) is 0 Å². The molecule has 1 aromatic heterocycles. The first-order valence-corrected chi connectivity index (χ1v) is 6.73. The molecule has 0 spiro atoms. The molecule has 0 amide bonds. The number of carbonyl (C=O) groups is 1. The number of hydrogen-bond donors (Lipinski definition) is 2. The maximum atomic E-state index is 11.5. The topological polar surface area (TPSA) is 96.6 Å². The normalized spacial score (nSPS) is 13.5. The number of hydrogen-bond acceptors (Lipinski definition) is 4. The standard InChI is InChI=1S/C10H15NO5S/c1-7-3-4-9(16-7)8(2)11-17(14,15)6-5-10(12)13/h3-4,8,11H,5-6H2,1-2H3,(H,12,13). The Bertz CT molecular complexity index is 491. The Morgan fingerprint density at radius 1 is 1.53 bits per heavy atom. The molecule has 6 nitrogen and oxygen atoms in total. The average Bonchev–Trinajstić information content (AvgIpc) is 2.61. The van der Waals surface area contributed by atoms with Crippen molar-refractivity contribution >= 4 is 16.0 Å². The molecule has 0 aliphatic rings. The molecule has 0 radical (unpaired) electrons. The van der Waals surface area contributed by atoms with E-state index in [0.29, 0.717) is 11.5 Å². The van der Waals surface area contributed by atoms with Gasteiger partial charge in [-0.1, -0.05) is 0 Å². The fourth-order valence-corrected chi connectivity index (χ4v) is 2.51. The van der Waals surface area contributed by atoms with Gasteiger partial charge in [-0.25, -0.2) is 13.1 Å². The summed E-state index contributed by atoms with van der Waals surface area (Å²) in [6.45, 7) is 3.39. The van der Waals surface area contributed by atoms with Crippen LogP contribution >= 0.6 is 0 Å². The largest absolute Gasteiger partial charge is 0.481 e. The van der Waals surface area contributed by atoms with E-state index in [1.54, 1.807) is 26.0 Å². The molecule has 0 aliphatic carbocycles. The zero-order valence-corrected chi connectivity index (χ0v) is 10.5. The van der Waals surface area contributed by atoms with E-state index in [2.05, 4.69) is 4.72 Å². The molecule has 1 aromatic rings. The van der Waals surface area contributed by atoms with Gasteiger partial charge in [0.1, 0.15) is 11.5 Å². The first-order valence-electron chi connectivity index (χ1n) is 5.08. The maximum Gasteiger partial charge on any atom is 0.304 e. The SMILES string of the molecule is Cc1ccc(C(C)NS(=O)(=O)CCC(=O)O)o1. The molecular weight excluding hydrogens is 246 g/mol. The van der Waals surface area contributed by atoms with Crippen molar-refractivity contribution < 1.29 is 22.7 Å². The van der Waals surface area contributed by atoms with Crippen molar-refractivity contribution in [2.75, 3.05) is 5.75 Å². The number of furan rings is 1. The van der Waals surface area contributed by atoms with Crippen molar-refractivity contribution in [1.29, 1.82) is 0 Å². The van der Waals surface area contributed by atoms with E-state index in [1.807, 2.05) is 0 Å². The highest BCUT2D eigenvalue weighted by molar-refractivity contribution is 7.89. The lowest BCUT2D eigenvalue weighted by atomic mass is 10.3. The van der Waals surface area contributed by atoms with Gasteiger partial charge in [-0.05, 0) is 26.0 Å². The number of sulfonamides is 1. The second-order valence-corrected chi connectivity index (χ2v) is 5.62. The van der Waals surface area contributed by atoms with Gasteiger partial charge in [-0.2, -0.15) is 0 Å². The highest BCUT2D eigenvalue weighted by atomic mass is 32.2. The van der Waals surface area contributed by atoms with Gasteiger partial charge in [0.2, 0.25) is 10.0 Å². The lowest BCUT2D eigenvalue weighted by Gasteiger charge is -2.11. The molecule has 0 saturated heterocycles. The Kier molecular flexibility index (Phi) is 4.30. The van der Waals surface area contributed by atoms with Crippen molar-refractivity contribution in [3.05, 3.63) is 23.7 Å². The van der Waals surface area contributed by atoms with Crippen LogP contribution in [0.3, 0.4) is 0 Å². The van der Waals surface area contributed by atoms with E-state index in [-0.39, 0.29) is 0 Å². The summed E-state index contributed by atoms with van der Waals surface area (Å²) in [6.07, 6.45) is -0.417. The lowest BCUT2D eigenvalue weighted by Crippen LogP contribution is -2.29. The highest BCUT2D eigenvalue weighted by Crippen LogP contribution is 2.16. The molecular formula is C10H15NO5S.